The fourth-order valence-electron chi connectivity index (χ4n) is 1.30. The van der Waals surface area contributed by atoms with Crippen LogP contribution in [0.3, 0.4) is 0 Å². The molecule has 0 aliphatic carbocycles. The molecular weight excluding hydrogens is 247 g/mol. The van der Waals surface area contributed by atoms with Crippen LogP contribution in [0, 0.1) is 0 Å². The van der Waals surface area contributed by atoms with Crippen LogP contribution in [-0.2, 0) is 6.54 Å². The van der Waals surface area contributed by atoms with E-state index in [0.29, 0.717) is 0 Å². The first-order chi connectivity index (χ1) is 8.01. The third kappa shape index (κ3) is 6.58. The van der Waals surface area contributed by atoms with E-state index in [1.54, 1.807) is 0 Å². The molecule has 0 aliphatic rings. The molecule has 0 radical (unpaired) electrons. The normalized spacial score (nSPS) is 11.8. The molecule has 0 atom stereocenters. The number of benzene rings is 1. The zero-order valence-electron chi connectivity index (χ0n) is 9.68. The van der Waals surface area contributed by atoms with E-state index in [-0.39, 0.29) is 5.75 Å². The maximum Gasteiger partial charge on any atom is 0.389 e. The Balaban J connectivity index is 2.43. The van der Waals surface area contributed by atoms with Gasteiger partial charge in [0.2, 0.25) is 0 Å². The number of nitrogens with one attached hydrogen (secondary N) is 1. The van der Waals surface area contributed by atoms with E-state index in [9.17, 15) is 13.2 Å². The molecule has 0 bridgehead atoms. The van der Waals surface area contributed by atoms with Crippen molar-refractivity contribution < 1.29 is 13.2 Å². The first-order valence-corrected chi connectivity index (χ1v) is 6.49. The quantitative estimate of drug-likeness (QED) is 0.783. The summed E-state index contributed by atoms with van der Waals surface area (Å²) in [6.45, 7) is 3.65. The highest BCUT2D eigenvalue weighted by atomic mass is 32.2. The molecule has 5 heteroatoms. The van der Waals surface area contributed by atoms with Gasteiger partial charge in [-0.25, -0.2) is 0 Å². The first kappa shape index (κ1) is 14.4. The van der Waals surface area contributed by atoms with Gasteiger partial charge >= 0.3 is 6.18 Å². The van der Waals surface area contributed by atoms with Crippen LogP contribution in [0.25, 0.3) is 0 Å². The Morgan fingerprint density at radius 1 is 1.29 bits per heavy atom. The highest BCUT2D eigenvalue weighted by Gasteiger charge is 2.26. The lowest BCUT2D eigenvalue weighted by Crippen LogP contribution is -2.11. The van der Waals surface area contributed by atoms with Crippen molar-refractivity contribution in [3.8, 4) is 0 Å². The Labute approximate surface area is 104 Å². The van der Waals surface area contributed by atoms with Crippen LogP contribution in [0.5, 0.6) is 0 Å². The van der Waals surface area contributed by atoms with Crippen molar-refractivity contribution in [2.45, 2.75) is 31.0 Å². The van der Waals surface area contributed by atoms with Crippen LogP contribution < -0.4 is 5.32 Å². The molecule has 0 unspecified atom stereocenters. The van der Waals surface area contributed by atoms with Crippen LogP contribution in [0.2, 0.25) is 0 Å². The Morgan fingerprint density at radius 3 is 2.71 bits per heavy atom. The first-order valence-electron chi connectivity index (χ1n) is 5.50. The molecule has 0 heterocycles. The fourth-order valence-corrected chi connectivity index (χ4v) is 2.28. The second-order valence-corrected chi connectivity index (χ2v) is 4.81. The molecule has 1 aromatic carbocycles. The number of thioether (sulfide) groups is 1. The van der Waals surface area contributed by atoms with Gasteiger partial charge < -0.3 is 5.32 Å². The van der Waals surface area contributed by atoms with Crippen molar-refractivity contribution in [2.75, 3.05) is 12.3 Å². The third-order valence-electron chi connectivity index (χ3n) is 2.13. The Hall–Kier alpha value is -0.680. The molecule has 0 saturated carbocycles. The number of hydrogen-bond acceptors (Lipinski definition) is 2. The van der Waals surface area contributed by atoms with Gasteiger partial charge in [0, 0.05) is 17.2 Å². The van der Waals surface area contributed by atoms with Gasteiger partial charge in [0.05, 0.1) is 6.42 Å². The van der Waals surface area contributed by atoms with E-state index in [0.717, 1.165) is 23.5 Å². The highest BCUT2D eigenvalue weighted by molar-refractivity contribution is 7.99. The SMILES string of the molecule is CCNCc1cccc(SCCC(F)(F)F)c1. The Kier molecular flexibility index (Phi) is 5.85. The van der Waals surface area contributed by atoms with Crippen molar-refractivity contribution in [3.63, 3.8) is 0 Å². The standard InChI is InChI=1S/C12H16F3NS/c1-2-16-9-10-4-3-5-11(8-10)17-7-6-12(13,14)15/h3-5,8,16H,2,6-7,9H2,1H3. The van der Waals surface area contributed by atoms with Crippen LogP contribution in [0.4, 0.5) is 13.2 Å². The minimum absolute atomic E-state index is 0.0775. The average Bonchev–Trinajstić information content (AvgIpc) is 2.25. The molecule has 1 nitrogen and oxygen atoms in total. The van der Waals surface area contributed by atoms with Crippen LogP contribution >= 0.6 is 11.8 Å². The minimum atomic E-state index is -4.06. The molecule has 0 aliphatic heterocycles. The molecule has 96 valence electrons. The molecule has 0 fully saturated rings. The fraction of sp³-hybridized carbons (Fsp3) is 0.500. The predicted octanol–water partition coefficient (Wildman–Crippen LogP) is 3.84. The van der Waals surface area contributed by atoms with Gasteiger partial charge in [0.25, 0.3) is 0 Å². The second kappa shape index (κ2) is 6.91. The second-order valence-electron chi connectivity index (χ2n) is 3.64. The summed E-state index contributed by atoms with van der Waals surface area (Å²) in [5.41, 5.74) is 1.10. The summed E-state index contributed by atoms with van der Waals surface area (Å²) < 4.78 is 35.9. The van der Waals surface area contributed by atoms with Crippen molar-refractivity contribution in [1.29, 1.82) is 0 Å². The highest BCUT2D eigenvalue weighted by Crippen LogP contribution is 2.26. The minimum Gasteiger partial charge on any atom is -0.313 e. The molecule has 0 amide bonds. The maximum atomic E-state index is 12.0. The summed E-state index contributed by atoms with van der Waals surface area (Å²) in [6, 6.07) is 7.62. The van der Waals surface area contributed by atoms with Crippen molar-refractivity contribution >= 4 is 11.8 Å². The lowest BCUT2D eigenvalue weighted by atomic mass is 10.2. The molecule has 1 aromatic rings. The summed E-state index contributed by atoms with van der Waals surface area (Å²) in [4.78, 5) is 0.893. The van der Waals surface area contributed by atoms with E-state index in [2.05, 4.69) is 5.32 Å². The van der Waals surface area contributed by atoms with E-state index < -0.39 is 12.6 Å². The van der Waals surface area contributed by atoms with Gasteiger partial charge in [-0.2, -0.15) is 13.2 Å². The lowest BCUT2D eigenvalue weighted by molar-refractivity contribution is -0.129. The summed E-state index contributed by atoms with van der Waals surface area (Å²) in [7, 11) is 0. The summed E-state index contributed by atoms with van der Waals surface area (Å²) in [6.07, 6.45) is -4.80. The van der Waals surface area contributed by atoms with Crippen molar-refractivity contribution in [3.05, 3.63) is 29.8 Å². The topological polar surface area (TPSA) is 12.0 Å². The Morgan fingerprint density at radius 2 is 2.06 bits per heavy atom. The maximum absolute atomic E-state index is 12.0. The number of rotatable bonds is 6. The van der Waals surface area contributed by atoms with E-state index in [1.807, 2.05) is 31.2 Å². The molecular formula is C12H16F3NS. The number of alkyl halides is 3. The van der Waals surface area contributed by atoms with Crippen molar-refractivity contribution in [1.82, 2.24) is 5.32 Å². The van der Waals surface area contributed by atoms with E-state index in [4.69, 9.17) is 0 Å². The predicted molar refractivity (Wildman–Crippen MR) is 65.2 cm³/mol. The van der Waals surface area contributed by atoms with Crippen LogP contribution in [-0.4, -0.2) is 18.5 Å². The third-order valence-corrected chi connectivity index (χ3v) is 3.13. The van der Waals surface area contributed by atoms with Crippen LogP contribution in [0.15, 0.2) is 29.2 Å². The largest absolute Gasteiger partial charge is 0.389 e. The van der Waals surface area contributed by atoms with Gasteiger partial charge in [0.15, 0.2) is 0 Å². The van der Waals surface area contributed by atoms with Gasteiger partial charge in [-0.1, -0.05) is 19.1 Å². The molecule has 0 aromatic heterocycles. The summed E-state index contributed by atoms with van der Waals surface area (Å²) >= 11 is 1.25. The monoisotopic (exact) mass is 263 g/mol. The summed E-state index contributed by atoms with van der Waals surface area (Å²) in [5.74, 6) is 0.0775. The van der Waals surface area contributed by atoms with E-state index in [1.165, 1.54) is 11.8 Å². The Bertz CT molecular complexity index is 339. The van der Waals surface area contributed by atoms with Gasteiger partial charge in [-0.15, -0.1) is 11.8 Å². The smallest absolute Gasteiger partial charge is 0.313 e. The molecule has 0 saturated heterocycles. The molecule has 1 N–H and O–H groups in total. The van der Waals surface area contributed by atoms with Gasteiger partial charge in [-0.3, -0.25) is 0 Å². The van der Waals surface area contributed by atoms with Crippen molar-refractivity contribution in [2.24, 2.45) is 0 Å². The number of halogens is 3. The zero-order valence-corrected chi connectivity index (χ0v) is 10.5. The number of hydrogen-bond donors (Lipinski definition) is 1. The molecule has 17 heavy (non-hydrogen) atoms. The lowest BCUT2D eigenvalue weighted by Gasteiger charge is -2.07. The average molecular weight is 263 g/mol. The summed E-state index contributed by atoms with van der Waals surface area (Å²) in [5, 5.41) is 3.18. The van der Waals surface area contributed by atoms with E-state index >= 15 is 0 Å². The molecule has 1 rings (SSSR count). The van der Waals surface area contributed by atoms with Crippen LogP contribution in [0.1, 0.15) is 18.9 Å². The zero-order chi connectivity index (χ0) is 12.7. The molecule has 0 spiro atoms. The van der Waals surface area contributed by atoms with Gasteiger partial charge in [0.1, 0.15) is 0 Å². The van der Waals surface area contributed by atoms with Gasteiger partial charge in [-0.05, 0) is 24.2 Å².